The van der Waals surface area contributed by atoms with Crippen LogP contribution in [0.2, 0.25) is 5.02 Å². The molecule has 0 aliphatic rings. The van der Waals surface area contributed by atoms with Crippen molar-refractivity contribution in [3.63, 3.8) is 0 Å². The average molecular weight is 362 g/mol. The summed E-state index contributed by atoms with van der Waals surface area (Å²) in [7, 11) is 0. The third kappa shape index (κ3) is 3.58. The second kappa shape index (κ2) is 7.37. The minimum Gasteiger partial charge on any atom is -0.381 e. The smallest absolute Gasteiger partial charge is 0.204 e. The molecule has 6 heteroatoms. The monoisotopic (exact) mass is 361 g/mol. The number of hydrogen-bond donors (Lipinski definition) is 2. The molecule has 128 valence electrons. The molecule has 0 fully saturated rings. The van der Waals surface area contributed by atoms with Gasteiger partial charge in [-0.3, -0.25) is 0 Å². The van der Waals surface area contributed by atoms with Crippen molar-refractivity contribution in [2.45, 2.75) is 6.54 Å². The van der Waals surface area contributed by atoms with Crippen LogP contribution in [0, 0.1) is 0 Å². The predicted molar refractivity (Wildman–Crippen MR) is 104 cm³/mol. The van der Waals surface area contributed by atoms with Crippen LogP contribution < -0.4 is 5.32 Å². The largest absolute Gasteiger partial charge is 0.381 e. The number of anilines is 1. The normalized spacial score (nSPS) is 10.7. The van der Waals surface area contributed by atoms with E-state index in [0.717, 1.165) is 33.9 Å². The number of nitrogens with zero attached hydrogens (tertiary/aromatic N) is 3. The summed E-state index contributed by atoms with van der Waals surface area (Å²) in [4.78, 5) is 0. The van der Waals surface area contributed by atoms with Crippen LogP contribution in [0.4, 0.5) is 5.69 Å². The van der Waals surface area contributed by atoms with E-state index >= 15 is 0 Å². The molecule has 0 saturated carbocycles. The lowest BCUT2D eigenvalue weighted by Gasteiger charge is -2.09. The number of hydrogen-bond acceptors (Lipinski definition) is 4. The number of halogens is 1. The zero-order chi connectivity index (χ0) is 17.8. The number of aromatic nitrogens is 4. The predicted octanol–water partition coefficient (Wildman–Crippen LogP) is 4.80. The molecule has 4 rings (SSSR count). The van der Waals surface area contributed by atoms with Crippen molar-refractivity contribution in [3.05, 3.63) is 83.4 Å². The van der Waals surface area contributed by atoms with Crippen LogP contribution in [0.1, 0.15) is 5.56 Å². The van der Waals surface area contributed by atoms with Gasteiger partial charge in [0, 0.05) is 28.4 Å². The van der Waals surface area contributed by atoms with E-state index in [-0.39, 0.29) is 0 Å². The summed E-state index contributed by atoms with van der Waals surface area (Å²) < 4.78 is 0. The van der Waals surface area contributed by atoms with E-state index in [4.69, 9.17) is 11.6 Å². The summed E-state index contributed by atoms with van der Waals surface area (Å²) in [5.74, 6) is 0.581. The Hall–Kier alpha value is -3.18. The summed E-state index contributed by atoms with van der Waals surface area (Å²) in [6.45, 7) is 0.721. The fraction of sp³-hybridized carbons (Fsp3) is 0.0500. The van der Waals surface area contributed by atoms with Gasteiger partial charge >= 0.3 is 0 Å². The third-order valence-corrected chi connectivity index (χ3v) is 4.43. The standard InChI is InChI=1S/C20H16ClN5/c21-19-7-2-1-6-18(19)15-10-8-14(9-11-15)13-22-17-5-3-4-16(12-17)20-23-25-26-24-20/h1-12,22H,13H2,(H,23,24,25,26). The lowest BCUT2D eigenvalue weighted by atomic mass is 10.0. The van der Waals surface area contributed by atoms with Crippen LogP contribution in [0.25, 0.3) is 22.5 Å². The van der Waals surface area contributed by atoms with Gasteiger partial charge in [-0.05, 0) is 34.5 Å². The molecule has 0 aliphatic carbocycles. The number of benzene rings is 3. The van der Waals surface area contributed by atoms with Gasteiger partial charge < -0.3 is 5.32 Å². The van der Waals surface area contributed by atoms with Crippen molar-refractivity contribution in [1.82, 2.24) is 20.6 Å². The molecule has 0 spiro atoms. The first-order chi connectivity index (χ1) is 12.8. The van der Waals surface area contributed by atoms with Gasteiger partial charge in [-0.1, -0.05) is 66.2 Å². The lowest BCUT2D eigenvalue weighted by Crippen LogP contribution is -1.99. The van der Waals surface area contributed by atoms with Crippen LogP contribution in [-0.2, 0) is 6.54 Å². The fourth-order valence-corrected chi connectivity index (χ4v) is 3.00. The Morgan fingerprint density at radius 1 is 0.885 bits per heavy atom. The van der Waals surface area contributed by atoms with Crippen molar-refractivity contribution >= 4 is 17.3 Å². The van der Waals surface area contributed by atoms with Gasteiger partial charge in [0.25, 0.3) is 0 Å². The number of aromatic amines is 1. The maximum atomic E-state index is 6.27. The van der Waals surface area contributed by atoms with Crippen molar-refractivity contribution in [3.8, 4) is 22.5 Å². The molecule has 5 nitrogen and oxygen atoms in total. The first-order valence-electron chi connectivity index (χ1n) is 8.21. The molecule has 0 bridgehead atoms. The van der Waals surface area contributed by atoms with Gasteiger partial charge in [-0.2, -0.15) is 5.21 Å². The van der Waals surface area contributed by atoms with Crippen molar-refractivity contribution in [2.24, 2.45) is 0 Å². The van der Waals surface area contributed by atoms with Gasteiger partial charge in [0.05, 0.1) is 0 Å². The summed E-state index contributed by atoms with van der Waals surface area (Å²) >= 11 is 6.27. The molecule has 26 heavy (non-hydrogen) atoms. The van der Waals surface area contributed by atoms with Gasteiger partial charge in [0.15, 0.2) is 0 Å². The van der Waals surface area contributed by atoms with E-state index in [2.05, 4.69) is 50.2 Å². The second-order valence-corrected chi connectivity index (χ2v) is 6.25. The third-order valence-electron chi connectivity index (χ3n) is 4.10. The van der Waals surface area contributed by atoms with Crippen LogP contribution >= 0.6 is 11.6 Å². The fourth-order valence-electron chi connectivity index (χ4n) is 2.75. The maximum Gasteiger partial charge on any atom is 0.204 e. The molecule has 0 aliphatic heterocycles. The SMILES string of the molecule is Clc1ccccc1-c1ccc(CNc2cccc(-c3nn[nH]n3)c2)cc1. The first kappa shape index (κ1) is 16.3. The summed E-state index contributed by atoms with van der Waals surface area (Å²) in [5.41, 5.74) is 5.26. The highest BCUT2D eigenvalue weighted by molar-refractivity contribution is 6.33. The van der Waals surface area contributed by atoms with Gasteiger partial charge in [0.2, 0.25) is 5.82 Å². The Morgan fingerprint density at radius 2 is 1.73 bits per heavy atom. The number of nitrogens with one attached hydrogen (secondary N) is 2. The Morgan fingerprint density at radius 3 is 2.50 bits per heavy atom. The molecule has 0 radical (unpaired) electrons. The van der Waals surface area contributed by atoms with E-state index < -0.39 is 0 Å². The van der Waals surface area contributed by atoms with Crippen LogP contribution in [0.15, 0.2) is 72.8 Å². The van der Waals surface area contributed by atoms with E-state index in [0.29, 0.717) is 5.82 Å². The zero-order valence-electron chi connectivity index (χ0n) is 13.9. The maximum absolute atomic E-state index is 6.27. The highest BCUT2D eigenvalue weighted by Crippen LogP contribution is 2.27. The molecular formula is C20H16ClN5. The number of rotatable bonds is 5. The topological polar surface area (TPSA) is 66.5 Å². The molecule has 0 saturated heterocycles. The molecule has 3 aromatic carbocycles. The molecule has 4 aromatic rings. The van der Waals surface area contributed by atoms with Crippen molar-refractivity contribution < 1.29 is 0 Å². The van der Waals surface area contributed by atoms with E-state index in [1.54, 1.807) is 0 Å². The van der Waals surface area contributed by atoms with Crippen LogP contribution in [-0.4, -0.2) is 20.6 Å². The molecule has 0 atom stereocenters. The minimum atomic E-state index is 0.581. The van der Waals surface area contributed by atoms with Crippen molar-refractivity contribution in [1.29, 1.82) is 0 Å². The van der Waals surface area contributed by atoms with E-state index in [1.807, 2.05) is 48.5 Å². The quantitative estimate of drug-likeness (QED) is 0.536. The van der Waals surface area contributed by atoms with Crippen LogP contribution in [0.5, 0.6) is 0 Å². The Balaban J connectivity index is 1.46. The number of tetrazole rings is 1. The number of H-pyrrole nitrogens is 1. The minimum absolute atomic E-state index is 0.581. The summed E-state index contributed by atoms with van der Waals surface area (Å²) in [5, 5.41) is 18.3. The zero-order valence-corrected chi connectivity index (χ0v) is 14.6. The summed E-state index contributed by atoms with van der Waals surface area (Å²) in [6, 6.07) is 24.2. The molecule has 1 heterocycles. The Kier molecular flexibility index (Phi) is 4.62. The summed E-state index contributed by atoms with van der Waals surface area (Å²) in [6.07, 6.45) is 0. The second-order valence-electron chi connectivity index (χ2n) is 5.85. The Bertz CT molecular complexity index is 997. The molecular weight excluding hydrogens is 346 g/mol. The molecule has 0 amide bonds. The highest BCUT2D eigenvalue weighted by Gasteiger charge is 2.05. The van der Waals surface area contributed by atoms with Crippen LogP contribution in [0.3, 0.4) is 0 Å². The average Bonchev–Trinajstić information content (AvgIpc) is 3.22. The van der Waals surface area contributed by atoms with E-state index in [9.17, 15) is 0 Å². The lowest BCUT2D eigenvalue weighted by molar-refractivity contribution is 0.881. The Labute approximate surface area is 156 Å². The molecule has 0 unspecified atom stereocenters. The van der Waals surface area contributed by atoms with Crippen molar-refractivity contribution in [2.75, 3.05) is 5.32 Å². The highest BCUT2D eigenvalue weighted by atomic mass is 35.5. The van der Waals surface area contributed by atoms with Gasteiger partial charge in [0.1, 0.15) is 0 Å². The molecule has 2 N–H and O–H groups in total. The van der Waals surface area contributed by atoms with Gasteiger partial charge in [-0.15, -0.1) is 10.2 Å². The first-order valence-corrected chi connectivity index (χ1v) is 8.59. The molecule has 1 aromatic heterocycles. The van der Waals surface area contributed by atoms with Gasteiger partial charge in [-0.25, -0.2) is 0 Å². The van der Waals surface area contributed by atoms with E-state index in [1.165, 1.54) is 5.56 Å².